The number of nitro benzene ring substituents is 1. The molecule has 1 aromatic heterocycles. The van der Waals surface area contributed by atoms with E-state index in [2.05, 4.69) is 0 Å². The number of carbonyl (C=O) groups is 1. The number of rotatable bonds is 5. The molecule has 0 bridgehead atoms. The maximum atomic E-state index is 12.8. The maximum Gasteiger partial charge on any atom is 0.426 e. The van der Waals surface area contributed by atoms with Gasteiger partial charge in [0.2, 0.25) is 5.91 Å². The number of benzene rings is 2. The first-order valence-electron chi connectivity index (χ1n) is 7.57. The summed E-state index contributed by atoms with van der Waals surface area (Å²) < 4.78 is 5.86. The molecule has 134 valence electrons. The molecule has 0 fully saturated rings. The van der Waals surface area contributed by atoms with Crippen LogP contribution >= 0.6 is 11.6 Å². The van der Waals surface area contributed by atoms with Crippen molar-refractivity contribution >= 4 is 34.3 Å². The summed E-state index contributed by atoms with van der Waals surface area (Å²) in [6.45, 7) is 0. The van der Waals surface area contributed by atoms with Crippen LogP contribution in [-0.4, -0.2) is 26.4 Å². The van der Waals surface area contributed by atoms with E-state index in [1.54, 1.807) is 24.3 Å². The van der Waals surface area contributed by atoms with Crippen LogP contribution in [0.4, 0.5) is 5.69 Å². The second-order valence-electron chi connectivity index (χ2n) is 5.56. The van der Waals surface area contributed by atoms with Crippen LogP contribution < -0.4 is 5.76 Å². The zero-order chi connectivity index (χ0) is 18.8. The molecule has 1 heterocycles. The van der Waals surface area contributed by atoms with Crippen molar-refractivity contribution in [2.45, 2.75) is 6.10 Å². The van der Waals surface area contributed by atoms with E-state index in [0.29, 0.717) is 0 Å². The van der Waals surface area contributed by atoms with Crippen molar-refractivity contribution in [2.24, 2.45) is 5.92 Å². The number of nitrogens with zero attached hydrogens (tertiary/aromatic N) is 2. The van der Waals surface area contributed by atoms with Gasteiger partial charge >= 0.3 is 5.76 Å². The highest BCUT2D eigenvalue weighted by molar-refractivity contribution is 6.19. The van der Waals surface area contributed by atoms with Crippen LogP contribution in [-0.2, 0) is 0 Å². The van der Waals surface area contributed by atoms with Crippen LogP contribution in [0.3, 0.4) is 0 Å². The average Bonchev–Trinajstić information content (AvgIpc) is 2.97. The lowest BCUT2D eigenvalue weighted by molar-refractivity contribution is -0.384. The van der Waals surface area contributed by atoms with Gasteiger partial charge in [-0.1, -0.05) is 12.1 Å². The summed E-state index contributed by atoms with van der Waals surface area (Å²) in [5, 5.41) is 21.2. The molecule has 8 nitrogen and oxygen atoms in total. The Morgan fingerprint density at radius 2 is 1.88 bits per heavy atom. The Bertz CT molecular complexity index is 1020. The summed E-state index contributed by atoms with van der Waals surface area (Å²) in [5.74, 6) is -3.00. The average molecular weight is 377 g/mol. The molecule has 26 heavy (non-hydrogen) atoms. The standard InChI is InChI=1S/C17H13ClN2O6/c18-9-12(15(21)10-5-7-11(8-6-10)20(24)25)16(22)19-13-3-1-2-4-14(13)26-17(19)23/h1-8,12,15,21H,9H2/t12-,15-/m1/s1. The van der Waals surface area contributed by atoms with Gasteiger partial charge in [0.1, 0.15) is 0 Å². The number of halogens is 1. The Hall–Kier alpha value is -2.97. The molecule has 3 rings (SSSR count). The van der Waals surface area contributed by atoms with Crippen molar-refractivity contribution in [1.29, 1.82) is 0 Å². The Kier molecular flexibility index (Phi) is 4.88. The minimum atomic E-state index is -1.35. The second kappa shape index (κ2) is 7.11. The number of aliphatic hydroxyl groups excluding tert-OH is 1. The summed E-state index contributed by atoms with van der Waals surface area (Å²) in [6, 6.07) is 11.5. The molecule has 9 heteroatoms. The number of carbonyl (C=O) groups excluding carboxylic acids is 1. The van der Waals surface area contributed by atoms with E-state index in [9.17, 15) is 24.8 Å². The molecular formula is C17H13ClN2O6. The van der Waals surface area contributed by atoms with Gasteiger partial charge in [-0.25, -0.2) is 9.36 Å². The van der Waals surface area contributed by atoms with Crippen LogP contribution in [0.25, 0.3) is 11.1 Å². The summed E-state index contributed by atoms with van der Waals surface area (Å²) in [5.41, 5.74) is 0.639. The fourth-order valence-corrected chi connectivity index (χ4v) is 2.95. The van der Waals surface area contributed by atoms with E-state index in [4.69, 9.17) is 16.0 Å². The van der Waals surface area contributed by atoms with Gasteiger partial charge in [-0.2, -0.15) is 0 Å². The third-order valence-electron chi connectivity index (χ3n) is 4.02. The SMILES string of the molecule is O=C([C@H](CCl)[C@H](O)c1ccc([N+](=O)[O-])cc1)n1c(=O)oc2ccccc21. The fraction of sp³-hybridized carbons (Fsp3) is 0.176. The van der Waals surface area contributed by atoms with Gasteiger partial charge in [0.25, 0.3) is 5.69 Å². The molecule has 2 atom stereocenters. The van der Waals surface area contributed by atoms with Gasteiger partial charge in [-0.3, -0.25) is 14.9 Å². The summed E-state index contributed by atoms with van der Waals surface area (Å²) in [6.07, 6.45) is -1.35. The zero-order valence-corrected chi connectivity index (χ0v) is 14.0. The van der Waals surface area contributed by atoms with Crippen LogP contribution in [0.5, 0.6) is 0 Å². The number of fused-ring (bicyclic) bond motifs is 1. The fourth-order valence-electron chi connectivity index (χ4n) is 2.65. The van der Waals surface area contributed by atoms with E-state index < -0.39 is 28.6 Å². The first kappa shape index (κ1) is 17.8. The van der Waals surface area contributed by atoms with Crippen molar-refractivity contribution in [3.8, 4) is 0 Å². The van der Waals surface area contributed by atoms with E-state index in [1.165, 1.54) is 24.3 Å². The molecule has 0 saturated carbocycles. The van der Waals surface area contributed by atoms with E-state index in [0.717, 1.165) is 4.57 Å². The summed E-state index contributed by atoms with van der Waals surface area (Å²) >= 11 is 5.87. The third-order valence-corrected chi connectivity index (χ3v) is 4.35. The number of alkyl halides is 1. The van der Waals surface area contributed by atoms with Crippen molar-refractivity contribution < 1.29 is 19.2 Å². The Balaban J connectivity index is 1.96. The molecular weight excluding hydrogens is 364 g/mol. The maximum absolute atomic E-state index is 12.8. The molecule has 0 aliphatic carbocycles. The van der Waals surface area contributed by atoms with Gasteiger partial charge < -0.3 is 9.52 Å². The summed E-state index contributed by atoms with van der Waals surface area (Å²) in [4.78, 5) is 35.0. The number of nitro groups is 1. The number of aliphatic hydroxyl groups is 1. The van der Waals surface area contributed by atoms with Crippen molar-refractivity contribution in [3.63, 3.8) is 0 Å². The number of aromatic nitrogens is 1. The third kappa shape index (κ3) is 3.12. The largest absolute Gasteiger partial charge is 0.426 e. The number of oxazole rings is 1. The van der Waals surface area contributed by atoms with Gasteiger partial charge in [0, 0.05) is 18.0 Å². The first-order chi connectivity index (χ1) is 12.4. The number of non-ortho nitro benzene ring substituents is 1. The van der Waals surface area contributed by atoms with Gasteiger partial charge in [0.05, 0.1) is 22.5 Å². The Morgan fingerprint density at radius 3 is 2.50 bits per heavy atom. The van der Waals surface area contributed by atoms with E-state index in [-0.39, 0.29) is 28.2 Å². The predicted molar refractivity (Wildman–Crippen MR) is 93.4 cm³/mol. The predicted octanol–water partition coefficient (Wildman–Crippen LogP) is 2.73. The smallest absolute Gasteiger partial charge is 0.407 e. The van der Waals surface area contributed by atoms with Gasteiger partial charge in [-0.15, -0.1) is 11.6 Å². The molecule has 0 amide bonds. The Labute approximate surface area is 151 Å². The molecule has 0 saturated heterocycles. The number of para-hydroxylation sites is 2. The normalized spacial score (nSPS) is 13.5. The Morgan fingerprint density at radius 1 is 1.23 bits per heavy atom. The lowest BCUT2D eigenvalue weighted by Gasteiger charge is -2.19. The molecule has 0 aliphatic rings. The van der Waals surface area contributed by atoms with Crippen LogP contribution in [0.2, 0.25) is 0 Å². The number of hydrogen-bond acceptors (Lipinski definition) is 6. The molecule has 0 spiro atoms. The number of hydrogen-bond donors (Lipinski definition) is 1. The van der Waals surface area contributed by atoms with E-state index >= 15 is 0 Å². The van der Waals surface area contributed by atoms with Crippen LogP contribution in [0.1, 0.15) is 16.5 Å². The van der Waals surface area contributed by atoms with Crippen LogP contribution in [0, 0.1) is 16.0 Å². The summed E-state index contributed by atoms with van der Waals surface area (Å²) in [7, 11) is 0. The quantitative estimate of drug-likeness (QED) is 0.416. The van der Waals surface area contributed by atoms with Crippen molar-refractivity contribution in [3.05, 3.63) is 74.8 Å². The van der Waals surface area contributed by atoms with E-state index in [1.807, 2.05) is 0 Å². The monoisotopic (exact) mass is 376 g/mol. The first-order valence-corrected chi connectivity index (χ1v) is 8.10. The lowest BCUT2D eigenvalue weighted by Crippen LogP contribution is -2.33. The minimum Gasteiger partial charge on any atom is -0.407 e. The zero-order valence-electron chi connectivity index (χ0n) is 13.2. The van der Waals surface area contributed by atoms with Crippen LogP contribution in [0.15, 0.2) is 57.7 Å². The van der Waals surface area contributed by atoms with Gasteiger partial charge in [0.15, 0.2) is 5.58 Å². The molecule has 3 aromatic rings. The van der Waals surface area contributed by atoms with Crippen molar-refractivity contribution in [1.82, 2.24) is 4.57 Å². The van der Waals surface area contributed by atoms with Gasteiger partial charge in [-0.05, 0) is 29.8 Å². The highest BCUT2D eigenvalue weighted by atomic mass is 35.5. The van der Waals surface area contributed by atoms with Crippen molar-refractivity contribution in [2.75, 3.05) is 5.88 Å². The molecule has 0 aliphatic heterocycles. The molecule has 1 N–H and O–H groups in total. The molecule has 0 radical (unpaired) electrons. The minimum absolute atomic E-state index is 0.147. The topological polar surface area (TPSA) is 116 Å². The molecule has 2 aromatic carbocycles. The highest BCUT2D eigenvalue weighted by Gasteiger charge is 2.31. The second-order valence-corrected chi connectivity index (χ2v) is 5.87. The lowest BCUT2D eigenvalue weighted by atomic mass is 9.96. The highest BCUT2D eigenvalue weighted by Crippen LogP contribution is 2.27. The molecule has 0 unspecified atom stereocenters.